The number of esters is 3. The SMILES string of the molecule is [B]Cc1cc(C[B])c(C[B])c(C(=O)OC2C3CC4C2OC(=O)C4C3C(=O)OC(C(F)(F)F)C(F)(F)S(=O)(=O)O)c1. The molecule has 3 aliphatic rings. The fourth-order valence-corrected chi connectivity index (χ4v) is 6.29. The van der Waals surface area contributed by atoms with E-state index in [0.717, 1.165) is 0 Å². The van der Waals surface area contributed by atoms with Gasteiger partial charge in [0.25, 0.3) is 6.10 Å². The van der Waals surface area contributed by atoms with E-state index >= 15 is 0 Å². The number of alkyl halides is 5. The van der Waals surface area contributed by atoms with Crippen molar-refractivity contribution in [3.8, 4) is 0 Å². The molecular weight excluding hydrogens is 568 g/mol. The molecule has 2 aliphatic carbocycles. The molecule has 1 aliphatic heterocycles. The summed E-state index contributed by atoms with van der Waals surface area (Å²) in [7, 11) is 10.5. The zero-order valence-corrected chi connectivity index (χ0v) is 21.1. The molecule has 9 nitrogen and oxygen atoms in total. The lowest BCUT2D eigenvalue weighted by atomic mass is 9.78. The van der Waals surface area contributed by atoms with Gasteiger partial charge >= 0.3 is 39.5 Å². The van der Waals surface area contributed by atoms with Gasteiger partial charge in [0.15, 0.2) is 0 Å². The zero-order chi connectivity index (χ0) is 29.9. The van der Waals surface area contributed by atoms with Crippen LogP contribution in [0.2, 0.25) is 0 Å². The van der Waals surface area contributed by atoms with Crippen molar-refractivity contribution in [3.05, 3.63) is 34.4 Å². The van der Waals surface area contributed by atoms with Crippen molar-refractivity contribution < 1.29 is 63.5 Å². The number of rotatable bonds is 9. The second-order valence-electron chi connectivity index (χ2n) is 9.68. The summed E-state index contributed by atoms with van der Waals surface area (Å²) in [6.07, 6.45) is -13.4. The van der Waals surface area contributed by atoms with Gasteiger partial charge in [0.1, 0.15) is 12.2 Å². The smallest absolute Gasteiger partial charge is 0.432 e. The minimum atomic E-state index is -6.68. The molecule has 2 saturated carbocycles. The van der Waals surface area contributed by atoms with E-state index < -0.39 is 81.4 Å². The van der Waals surface area contributed by atoms with Crippen molar-refractivity contribution in [3.63, 3.8) is 0 Å². The van der Waals surface area contributed by atoms with E-state index in [4.69, 9.17) is 37.6 Å². The molecule has 18 heteroatoms. The summed E-state index contributed by atoms with van der Waals surface area (Å²) in [5, 5.41) is -5.96. The summed E-state index contributed by atoms with van der Waals surface area (Å²) in [5.41, 5.74) is 1.24. The van der Waals surface area contributed by atoms with Gasteiger partial charge in [-0.05, 0) is 18.1 Å². The Morgan fingerprint density at radius 3 is 2.25 bits per heavy atom. The van der Waals surface area contributed by atoms with E-state index in [-0.39, 0.29) is 30.9 Å². The molecule has 0 aromatic heterocycles. The number of halogens is 5. The second-order valence-corrected chi connectivity index (χ2v) is 11.2. The lowest BCUT2D eigenvalue weighted by Crippen LogP contribution is -2.54. The summed E-state index contributed by atoms with van der Waals surface area (Å²) in [6.45, 7) is 0. The zero-order valence-electron chi connectivity index (χ0n) is 20.3. The molecule has 7 atom stereocenters. The van der Waals surface area contributed by atoms with Crippen LogP contribution in [0, 0.1) is 23.7 Å². The largest absolute Gasteiger partial charge is 0.458 e. The number of benzene rings is 1. The first-order chi connectivity index (χ1) is 18.5. The highest BCUT2D eigenvalue weighted by molar-refractivity contribution is 7.86. The summed E-state index contributed by atoms with van der Waals surface area (Å²) >= 11 is 0. The predicted molar refractivity (Wildman–Crippen MR) is 125 cm³/mol. The number of carbonyl (C=O) groups excluding carboxylic acids is 3. The lowest BCUT2D eigenvalue weighted by Gasteiger charge is -2.32. The number of hydrogen-bond acceptors (Lipinski definition) is 8. The van der Waals surface area contributed by atoms with Crippen LogP contribution in [0.4, 0.5) is 22.0 Å². The molecule has 1 saturated heterocycles. The first-order valence-electron chi connectivity index (χ1n) is 11.8. The third-order valence-corrected chi connectivity index (χ3v) is 8.43. The topological polar surface area (TPSA) is 133 Å². The number of hydrogen-bond donors (Lipinski definition) is 1. The Balaban J connectivity index is 1.64. The Morgan fingerprint density at radius 2 is 1.73 bits per heavy atom. The van der Waals surface area contributed by atoms with E-state index in [9.17, 15) is 44.8 Å². The minimum Gasteiger partial charge on any atom is -0.458 e. The minimum absolute atomic E-state index is 0.0106. The average Bonchev–Trinajstić information content (AvgIpc) is 3.48. The van der Waals surface area contributed by atoms with Gasteiger partial charge in [-0.15, -0.1) is 0 Å². The lowest BCUT2D eigenvalue weighted by molar-refractivity contribution is -0.261. The van der Waals surface area contributed by atoms with Gasteiger partial charge < -0.3 is 14.2 Å². The average molecular weight is 586 g/mol. The molecule has 6 radical (unpaired) electrons. The summed E-state index contributed by atoms with van der Waals surface area (Å²) in [6, 6.07) is 3.02. The molecule has 210 valence electrons. The van der Waals surface area contributed by atoms with Crippen molar-refractivity contribution >= 4 is 51.6 Å². The van der Waals surface area contributed by atoms with E-state index in [0.29, 0.717) is 16.7 Å². The molecule has 7 unspecified atom stereocenters. The molecule has 0 spiro atoms. The standard InChI is InChI=1S/C22H18B3F5O9S/c23-4-7-1-8(5-24)12(6-25)9(2-7)17(31)37-15-11-3-10-13(18(32)38-16(10)15)14(11)19(33)39-20(21(26,27)28)22(29,30)40(34,35)36/h1-2,10-11,13-16,20H,3-6H2,(H,34,35,36). The molecule has 40 heavy (non-hydrogen) atoms. The first kappa shape index (κ1) is 30.3. The van der Waals surface area contributed by atoms with Gasteiger partial charge in [0.05, 0.1) is 40.9 Å². The fourth-order valence-electron chi connectivity index (χ4n) is 5.83. The van der Waals surface area contributed by atoms with Gasteiger partial charge in [0, 0.05) is 11.8 Å². The highest BCUT2D eigenvalue weighted by Crippen LogP contribution is 2.59. The van der Waals surface area contributed by atoms with Gasteiger partial charge in [0.2, 0.25) is 0 Å². The maximum Gasteiger partial charge on any atom is 0.432 e. The van der Waals surface area contributed by atoms with Crippen molar-refractivity contribution in [2.45, 2.75) is 55.1 Å². The molecule has 1 N–H and O–H groups in total. The maximum atomic E-state index is 14.0. The molecule has 4 rings (SSSR count). The Morgan fingerprint density at radius 1 is 1.07 bits per heavy atom. The molecule has 2 bridgehead atoms. The highest BCUT2D eigenvalue weighted by Gasteiger charge is 2.72. The number of ether oxygens (including phenoxy) is 3. The molecule has 3 fully saturated rings. The van der Waals surface area contributed by atoms with Crippen LogP contribution in [-0.4, -0.2) is 84.2 Å². The van der Waals surface area contributed by atoms with Crippen LogP contribution in [-0.2, 0) is 52.9 Å². The molecule has 1 heterocycles. The van der Waals surface area contributed by atoms with E-state index in [1.807, 2.05) is 0 Å². The van der Waals surface area contributed by atoms with Crippen molar-refractivity contribution in [1.29, 1.82) is 0 Å². The monoisotopic (exact) mass is 586 g/mol. The van der Waals surface area contributed by atoms with E-state index in [2.05, 4.69) is 4.74 Å². The number of carbonyl (C=O) groups is 3. The molecule has 1 aromatic carbocycles. The number of fused-ring (bicyclic) bond motifs is 1. The van der Waals surface area contributed by atoms with Gasteiger partial charge in [-0.1, -0.05) is 36.2 Å². The summed E-state index contributed by atoms with van der Waals surface area (Å²) < 4.78 is 113. The fraction of sp³-hybridized carbons (Fsp3) is 0.591. The van der Waals surface area contributed by atoms with E-state index in [1.54, 1.807) is 6.07 Å². The van der Waals surface area contributed by atoms with Crippen LogP contribution in [0.3, 0.4) is 0 Å². The predicted octanol–water partition coefficient (Wildman–Crippen LogP) is 0.980. The molecule has 1 aromatic rings. The van der Waals surface area contributed by atoms with Crippen molar-refractivity contribution in [1.82, 2.24) is 0 Å². The molecular formula is C22H18B3F5O9S. The van der Waals surface area contributed by atoms with Gasteiger partial charge in [-0.25, -0.2) is 4.79 Å². The van der Waals surface area contributed by atoms with E-state index in [1.165, 1.54) is 6.07 Å². The Labute approximate surface area is 228 Å². The Hall–Kier alpha value is -2.62. The van der Waals surface area contributed by atoms with Crippen LogP contribution in [0.1, 0.15) is 33.5 Å². The van der Waals surface area contributed by atoms with Gasteiger partial charge in [-0.2, -0.15) is 30.4 Å². The van der Waals surface area contributed by atoms with Crippen LogP contribution >= 0.6 is 0 Å². The molecule has 0 amide bonds. The highest BCUT2D eigenvalue weighted by atomic mass is 32.2. The van der Waals surface area contributed by atoms with Gasteiger partial charge in [-0.3, -0.25) is 14.1 Å². The maximum absolute atomic E-state index is 14.0. The van der Waals surface area contributed by atoms with Crippen molar-refractivity contribution in [2.24, 2.45) is 23.7 Å². The second kappa shape index (κ2) is 10.3. The van der Waals surface area contributed by atoms with Crippen molar-refractivity contribution in [2.75, 3.05) is 0 Å². The Bertz CT molecular complexity index is 1340. The van der Waals surface area contributed by atoms with Crippen LogP contribution < -0.4 is 0 Å². The Kier molecular flexibility index (Phi) is 7.84. The third kappa shape index (κ3) is 4.90. The normalized spacial score (nSPS) is 28.3. The third-order valence-electron chi connectivity index (χ3n) is 7.52. The summed E-state index contributed by atoms with van der Waals surface area (Å²) in [4.78, 5) is 38.6. The summed E-state index contributed by atoms with van der Waals surface area (Å²) in [5.74, 6) is -9.34. The van der Waals surface area contributed by atoms with Crippen LogP contribution in [0.25, 0.3) is 0 Å². The van der Waals surface area contributed by atoms with Crippen LogP contribution in [0.15, 0.2) is 12.1 Å². The first-order valence-corrected chi connectivity index (χ1v) is 13.2. The quantitative estimate of drug-likeness (QED) is 0.148. The van der Waals surface area contributed by atoms with Crippen LogP contribution in [0.5, 0.6) is 0 Å².